The number of hydrogen-bond acceptors (Lipinski definition) is 3. The number of carbonyl (C=O) groups is 2. The van der Waals surface area contributed by atoms with Gasteiger partial charge >= 0.3 is 0 Å². The van der Waals surface area contributed by atoms with Gasteiger partial charge in [-0.15, -0.1) is 0 Å². The summed E-state index contributed by atoms with van der Waals surface area (Å²) in [6.07, 6.45) is 18.4. The van der Waals surface area contributed by atoms with Gasteiger partial charge in [-0.25, -0.2) is 0 Å². The van der Waals surface area contributed by atoms with Crippen LogP contribution in [-0.4, -0.2) is 23.3 Å². The van der Waals surface area contributed by atoms with Gasteiger partial charge in [0.25, 0.3) is 0 Å². The molecule has 152 valence electrons. The number of aliphatic hydroxyl groups is 1. The number of rotatable bonds is 8. The van der Waals surface area contributed by atoms with E-state index in [9.17, 15) is 14.7 Å². The molecule has 1 aliphatic rings. The minimum atomic E-state index is -0.526. The summed E-state index contributed by atoms with van der Waals surface area (Å²) >= 11 is 0. The summed E-state index contributed by atoms with van der Waals surface area (Å²) in [5.41, 5.74) is 2.01. The molecule has 1 rings (SSSR count). The van der Waals surface area contributed by atoms with E-state index in [1.54, 1.807) is 19.1 Å². The second-order valence-corrected chi connectivity index (χ2v) is 8.57. The first-order valence-corrected chi connectivity index (χ1v) is 9.74. The molecule has 1 aliphatic carbocycles. The molecule has 0 aromatic rings. The molecule has 0 aromatic carbocycles. The first-order chi connectivity index (χ1) is 13.0. The summed E-state index contributed by atoms with van der Waals surface area (Å²) < 4.78 is 0. The lowest BCUT2D eigenvalue weighted by Gasteiger charge is -2.35. The highest BCUT2D eigenvalue weighted by molar-refractivity contribution is 5.95. The summed E-state index contributed by atoms with van der Waals surface area (Å²) in [5.74, 6) is 0.0747. The average Bonchev–Trinajstić information content (AvgIpc) is 2.83. The zero-order chi connectivity index (χ0) is 21.4. The Morgan fingerprint density at radius 3 is 1.89 bits per heavy atom. The Bertz CT molecular complexity index is 757. The molecule has 0 aromatic heterocycles. The van der Waals surface area contributed by atoms with Crippen molar-refractivity contribution in [3.8, 4) is 0 Å². The Morgan fingerprint density at radius 1 is 0.821 bits per heavy atom. The highest BCUT2D eigenvalue weighted by Crippen LogP contribution is 2.53. The number of aliphatic hydroxyl groups excluding tert-OH is 1. The summed E-state index contributed by atoms with van der Waals surface area (Å²) in [4.78, 5) is 23.2. The minimum Gasteiger partial charge on any atom is -0.393 e. The van der Waals surface area contributed by atoms with Crippen LogP contribution in [-0.2, 0) is 9.59 Å². The van der Waals surface area contributed by atoms with Gasteiger partial charge in [0.05, 0.1) is 6.10 Å². The maximum absolute atomic E-state index is 12.7. The molecule has 0 unspecified atom stereocenters. The van der Waals surface area contributed by atoms with Gasteiger partial charge in [0.1, 0.15) is 6.29 Å². The average molecular weight is 383 g/mol. The zero-order valence-corrected chi connectivity index (χ0v) is 18.0. The van der Waals surface area contributed by atoms with Crippen molar-refractivity contribution in [3.05, 3.63) is 71.4 Å². The maximum atomic E-state index is 12.7. The van der Waals surface area contributed by atoms with Gasteiger partial charge in [0.15, 0.2) is 5.78 Å². The van der Waals surface area contributed by atoms with Crippen LogP contribution < -0.4 is 0 Å². The van der Waals surface area contributed by atoms with Gasteiger partial charge in [0, 0.05) is 5.41 Å². The standard InChI is InChI=1S/C25H34O3/c1-19(10-7-8-11-21(3)18-26)12-9-13-20(2)14-15-23(28)25(6)17-22(27)16-24(25,4)5/h7-15,18,22,27H,16-17H2,1-6H3/b8-7+,12-9-,15-14+,19-10+,20-13+,21-11+/t22-,25-/m0/s1. The number of allylic oxidation sites excluding steroid dienone is 12. The van der Waals surface area contributed by atoms with Crippen molar-refractivity contribution >= 4 is 12.1 Å². The van der Waals surface area contributed by atoms with Gasteiger partial charge in [-0.3, -0.25) is 9.59 Å². The third-order valence-corrected chi connectivity index (χ3v) is 5.66. The van der Waals surface area contributed by atoms with Crippen molar-refractivity contribution in [1.29, 1.82) is 0 Å². The van der Waals surface area contributed by atoms with Crippen LogP contribution in [0.25, 0.3) is 0 Å². The topological polar surface area (TPSA) is 54.4 Å². The van der Waals surface area contributed by atoms with Crippen LogP contribution >= 0.6 is 0 Å². The van der Waals surface area contributed by atoms with Crippen LogP contribution in [0.1, 0.15) is 54.4 Å². The molecule has 0 aliphatic heterocycles. The van der Waals surface area contributed by atoms with E-state index in [0.717, 1.165) is 17.4 Å². The van der Waals surface area contributed by atoms with E-state index in [4.69, 9.17) is 0 Å². The first-order valence-electron chi connectivity index (χ1n) is 9.74. The Morgan fingerprint density at radius 2 is 1.36 bits per heavy atom. The van der Waals surface area contributed by atoms with E-state index in [-0.39, 0.29) is 11.2 Å². The Labute approximate surface area is 169 Å². The second kappa shape index (κ2) is 10.3. The fraction of sp³-hybridized carbons (Fsp3) is 0.440. The molecule has 0 heterocycles. The molecular formula is C25H34O3. The predicted molar refractivity (Wildman–Crippen MR) is 117 cm³/mol. The summed E-state index contributed by atoms with van der Waals surface area (Å²) in [6.45, 7) is 11.8. The second-order valence-electron chi connectivity index (χ2n) is 8.57. The van der Waals surface area contributed by atoms with Crippen molar-refractivity contribution in [3.63, 3.8) is 0 Å². The molecule has 0 bridgehead atoms. The lowest BCUT2D eigenvalue weighted by atomic mass is 9.66. The molecule has 0 saturated heterocycles. The predicted octanol–water partition coefficient (Wildman–Crippen LogP) is 5.45. The molecule has 0 spiro atoms. The number of hydrogen-bond donors (Lipinski definition) is 1. The fourth-order valence-electron chi connectivity index (χ4n) is 3.38. The fourth-order valence-corrected chi connectivity index (χ4v) is 3.38. The van der Waals surface area contributed by atoms with Crippen LogP contribution in [0, 0.1) is 10.8 Å². The molecule has 28 heavy (non-hydrogen) atoms. The van der Waals surface area contributed by atoms with Gasteiger partial charge in [0.2, 0.25) is 0 Å². The Hall–Kier alpha value is -2.26. The quantitative estimate of drug-likeness (QED) is 0.345. The Balaban J connectivity index is 2.70. The van der Waals surface area contributed by atoms with E-state index in [1.165, 1.54) is 0 Å². The summed E-state index contributed by atoms with van der Waals surface area (Å²) in [7, 11) is 0. The van der Waals surface area contributed by atoms with Crippen molar-refractivity contribution < 1.29 is 14.7 Å². The number of carbonyl (C=O) groups excluding carboxylic acids is 2. The molecule has 1 N–H and O–H groups in total. The number of ketones is 1. The lowest BCUT2D eigenvalue weighted by molar-refractivity contribution is -0.127. The van der Waals surface area contributed by atoms with Crippen molar-refractivity contribution in [2.24, 2.45) is 10.8 Å². The molecule has 3 nitrogen and oxygen atoms in total. The van der Waals surface area contributed by atoms with Crippen molar-refractivity contribution in [2.75, 3.05) is 0 Å². The molecule has 0 amide bonds. The smallest absolute Gasteiger partial charge is 0.162 e. The van der Waals surface area contributed by atoms with Gasteiger partial charge in [-0.2, -0.15) is 0 Å². The monoisotopic (exact) mass is 382 g/mol. The lowest BCUT2D eigenvalue weighted by Crippen LogP contribution is -2.36. The first kappa shape index (κ1) is 23.8. The highest BCUT2D eigenvalue weighted by atomic mass is 16.3. The molecular weight excluding hydrogens is 348 g/mol. The molecule has 2 atom stereocenters. The van der Waals surface area contributed by atoms with Gasteiger partial charge in [-0.1, -0.05) is 80.5 Å². The molecule has 3 heteroatoms. The zero-order valence-electron chi connectivity index (χ0n) is 18.0. The third kappa shape index (κ3) is 6.72. The SMILES string of the molecule is C\C(C=O)=C/C=C/C=C(C)/C=C\C=C(C)\C=C\C(=O)[C@]1(C)C[C@@H](O)CC1(C)C. The van der Waals surface area contributed by atoms with Crippen LogP contribution in [0.4, 0.5) is 0 Å². The van der Waals surface area contributed by atoms with Gasteiger partial charge < -0.3 is 5.11 Å². The van der Waals surface area contributed by atoms with E-state index in [1.807, 2.05) is 63.3 Å². The normalized spacial score (nSPS) is 26.7. The van der Waals surface area contributed by atoms with Crippen LogP contribution in [0.5, 0.6) is 0 Å². The van der Waals surface area contributed by atoms with Crippen LogP contribution in [0.2, 0.25) is 0 Å². The summed E-state index contributed by atoms with van der Waals surface area (Å²) in [6, 6.07) is 0. The molecule has 1 saturated carbocycles. The van der Waals surface area contributed by atoms with Crippen molar-refractivity contribution in [2.45, 2.75) is 60.5 Å². The van der Waals surface area contributed by atoms with E-state index < -0.39 is 11.5 Å². The molecule has 0 radical (unpaired) electrons. The summed E-state index contributed by atoms with van der Waals surface area (Å²) in [5, 5.41) is 9.99. The maximum Gasteiger partial charge on any atom is 0.162 e. The van der Waals surface area contributed by atoms with Crippen LogP contribution in [0.3, 0.4) is 0 Å². The molecule has 1 fully saturated rings. The highest BCUT2D eigenvalue weighted by Gasteiger charge is 2.52. The van der Waals surface area contributed by atoms with E-state index in [2.05, 4.69) is 13.8 Å². The van der Waals surface area contributed by atoms with Gasteiger partial charge in [-0.05, 0) is 50.7 Å². The number of aldehydes is 1. The van der Waals surface area contributed by atoms with Crippen LogP contribution in [0.15, 0.2) is 71.4 Å². The minimum absolute atomic E-state index is 0.0747. The Kier molecular flexibility index (Phi) is 8.77. The third-order valence-electron chi connectivity index (χ3n) is 5.66. The van der Waals surface area contributed by atoms with E-state index in [0.29, 0.717) is 18.4 Å². The van der Waals surface area contributed by atoms with Crippen molar-refractivity contribution in [1.82, 2.24) is 0 Å². The van der Waals surface area contributed by atoms with E-state index >= 15 is 0 Å². The largest absolute Gasteiger partial charge is 0.393 e.